The molecule has 0 saturated heterocycles. The lowest BCUT2D eigenvalue weighted by molar-refractivity contribution is 0.604. The van der Waals surface area contributed by atoms with E-state index >= 15 is 0 Å². The van der Waals surface area contributed by atoms with Crippen LogP contribution in [0.2, 0.25) is 0 Å². The summed E-state index contributed by atoms with van der Waals surface area (Å²) < 4.78 is 22.9. The van der Waals surface area contributed by atoms with E-state index in [0.717, 1.165) is 11.5 Å². The second-order valence-electron chi connectivity index (χ2n) is 2.61. The molecule has 0 fully saturated rings. The normalized spacial score (nSPS) is 10.8. The molecule has 0 radical (unpaired) electrons. The molecule has 0 unspecified atom stereocenters. The second-order valence-corrected chi connectivity index (χ2v) is 4.45. The van der Waals surface area contributed by atoms with Gasteiger partial charge in [0.1, 0.15) is 0 Å². The Morgan fingerprint density at radius 3 is 2.20 bits per heavy atom. The van der Waals surface area contributed by atoms with Crippen molar-refractivity contribution >= 4 is 9.84 Å². The van der Waals surface area contributed by atoms with Crippen LogP contribution in [0, 0.1) is 22.7 Å². The third kappa shape index (κ3) is 2.67. The maximum Gasteiger partial charge on any atom is 0.200 e. The van der Waals surface area contributed by atoms with Crippen molar-refractivity contribution in [2.24, 2.45) is 0 Å². The molecular formula is C10H6N2O2S. The summed E-state index contributed by atoms with van der Waals surface area (Å²) in [5.74, 6) is 0. The highest BCUT2D eigenvalue weighted by atomic mass is 32.2. The number of allylic oxidation sites excluding steroid dienone is 1. The average molecular weight is 218 g/mol. The standard InChI is InChI=1S/C10H6N2O2S/c11-6-1-7-15(13,14)10-4-2-9(8-12)3-5-10/h1-5,7H/b7-1+. The number of sulfone groups is 1. The van der Waals surface area contributed by atoms with Gasteiger partial charge in [-0.1, -0.05) is 0 Å². The molecule has 0 N–H and O–H groups in total. The van der Waals surface area contributed by atoms with E-state index in [1.807, 2.05) is 6.07 Å². The van der Waals surface area contributed by atoms with Crippen LogP contribution >= 0.6 is 0 Å². The molecule has 74 valence electrons. The van der Waals surface area contributed by atoms with E-state index in [0.29, 0.717) is 5.56 Å². The second kappa shape index (κ2) is 4.41. The van der Waals surface area contributed by atoms with Gasteiger partial charge < -0.3 is 0 Å². The molecule has 0 bridgehead atoms. The van der Waals surface area contributed by atoms with E-state index in [4.69, 9.17) is 10.5 Å². The fraction of sp³-hybridized carbons (Fsp3) is 0. The summed E-state index contributed by atoms with van der Waals surface area (Å²) in [5, 5.41) is 17.6. The van der Waals surface area contributed by atoms with Crippen molar-refractivity contribution in [3.05, 3.63) is 41.3 Å². The van der Waals surface area contributed by atoms with Gasteiger partial charge in [-0.2, -0.15) is 10.5 Å². The van der Waals surface area contributed by atoms with E-state index < -0.39 is 9.84 Å². The van der Waals surface area contributed by atoms with Crippen molar-refractivity contribution in [2.45, 2.75) is 4.90 Å². The van der Waals surface area contributed by atoms with Crippen LogP contribution < -0.4 is 0 Å². The quantitative estimate of drug-likeness (QED) is 0.702. The molecule has 0 aliphatic rings. The lowest BCUT2D eigenvalue weighted by Gasteiger charge is -1.97. The Balaban J connectivity index is 3.14. The summed E-state index contributed by atoms with van der Waals surface area (Å²) >= 11 is 0. The number of nitriles is 2. The molecule has 0 atom stereocenters. The predicted octanol–water partition coefficient (Wildman–Crippen LogP) is 1.37. The molecule has 5 heteroatoms. The van der Waals surface area contributed by atoms with Gasteiger partial charge in [0.15, 0.2) is 0 Å². The van der Waals surface area contributed by atoms with E-state index in [-0.39, 0.29) is 4.90 Å². The number of hydrogen-bond acceptors (Lipinski definition) is 4. The van der Waals surface area contributed by atoms with Crippen molar-refractivity contribution in [1.82, 2.24) is 0 Å². The first kappa shape index (κ1) is 11.0. The first-order valence-electron chi connectivity index (χ1n) is 3.91. The Hall–Kier alpha value is -2.11. The molecule has 0 heterocycles. The fourth-order valence-corrected chi connectivity index (χ4v) is 1.83. The summed E-state index contributed by atoms with van der Waals surface area (Å²) in [7, 11) is -3.56. The third-order valence-corrected chi connectivity index (χ3v) is 3.06. The van der Waals surface area contributed by atoms with E-state index in [2.05, 4.69) is 0 Å². The number of benzene rings is 1. The van der Waals surface area contributed by atoms with Gasteiger partial charge in [-0.3, -0.25) is 0 Å². The molecule has 0 aliphatic heterocycles. The number of rotatable bonds is 2. The van der Waals surface area contributed by atoms with E-state index in [9.17, 15) is 8.42 Å². The van der Waals surface area contributed by atoms with Gasteiger partial charge in [0, 0.05) is 11.5 Å². The van der Waals surface area contributed by atoms with Gasteiger partial charge in [0.25, 0.3) is 0 Å². The van der Waals surface area contributed by atoms with Crippen LogP contribution in [0.15, 0.2) is 40.6 Å². The highest BCUT2D eigenvalue weighted by molar-refractivity contribution is 7.94. The first-order chi connectivity index (χ1) is 7.10. The van der Waals surface area contributed by atoms with Crippen molar-refractivity contribution in [3.63, 3.8) is 0 Å². The van der Waals surface area contributed by atoms with Crippen molar-refractivity contribution in [2.75, 3.05) is 0 Å². The molecule has 0 amide bonds. The maximum absolute atomic E-state index is 11.5. The van der Waals surface area contributed by atoms with Crippen LogP contribution in [0.25, 0.3) is 0 Å². The molecule has 4 nitrogen and oxygen atoms in total. The largest absolute Gasteiger partial charge is 0.219 e. The minimum Gasteiger partial charge on any atom is -0.219 e. The molecular weight excluding hydrogens is 212 g/mol. The lowest BCUT2D eigenvalue weighted by Crippen LogP contribution is -1.95. The fourth-order valence-electron chi connectivity index (χ4n) is 0.918. The molecule has 1 aromatic rings. The van der Waals surface area contributed by atoms with Gasteiger partial charge in [0.2, 0.25) is 9.84 Å². The summed E-state index contributed by atoms with van der Waals surface area (Å²) in [5.41, 5.74) is 0.387. The van der Waals surface area contributed by atoms with Crippen molar-refractivity contribution in [1.29, 1.82) is 10.5 Å². The maximum atomic E-state index is 11.5. The molecule has 0 saturated carbocycles. The van der Waals surface area contributed by atoms with Crippen molar-refractivity contribution < 1.29 is 8.42 Å². The lowest BCUT2D eigenvalue weighted by atomic mass is 10.2. The zero-order valence-corrected chi connectivity index (χ0v) is 8.40. The van der Waals surface area contributed by atoms with Crippen LogP contribution in [-0.2, 0) is 9.84 Å². The van der Waals surface area contributed by atoms with Gasteiger partial charge in [0.05, 0.1) is 22.6 Å². The van der Waals surface area contributed by atoms with Crippen LogP contribution in [0.5, 0.6) is 0 Å². The molecule has 0 aliphatic carbocycles. The highest BCUT2D eigenvalue weighted by Gasteiger charge is 2.09. The van der Waals surface area contributed by atoms with Crippen LogP contribution in [0.4, 0.5) is 0 Å². The van der Waals surface area contributed by atoms with E-state index in [1.165, 1.54) is 24.3 Å². The minimum atomic E-state index is -3.56. The number of hydrogen-bond donors (Lipinski definition) is 0. The Labute approximate surface area is 87.6 Å². The third-order valence-electron chi connectivity index (χ3n) is 1.63. The van der Waals surface area contributed by atoms with Gasteiger partial charge >= 0.3 is 0 Å². The van der Waals surface area contributed by atoms with Crippen LogP contribution in [-0.4, -0.2) is 8.42 Å². The first-order valence-corrected chi connectivity index (χ1v) is 5.46. The van der Waals surface area contributed by atoms with E-state index in [1.54, 1.807) is 6.07 Å². The Morgan fingerprint density at radius 1 is 1.13 bits per heavy atom. The molecule has 0 spiro atoms. The van der Waals surface area contributed by atoms with Gasteiger partial charge in [-0.15, -0.1) is 0 Å². The summed E-state index contributed by atoms with van der Waals surface area (Å²) in [6.07, 6.45) is 0.896. The Bertz CT molecular complexity index is 557. The summed E-state index contributed by atoms with van der Waals surface area (Å²) in [6, 6.07) is 8.97. The van der Waals surface area contributed by atoms with Crippen LogP contribution in [0.1, 0.15) is 5.56 Å². The Morgan fingerprint density at radius 2 is 1.73 bits per heavy atom. The number of nitrogens with zero attached hydrogens (tertiary/aromatic N) is 2. The molecule has 1 rings (SSSR count). The molecule has 0 aromatic heterocycles. The monoisotopic (exact) mass is 218 g/mol. The highest BCUT2D eigenvalue weighted by Crippen LogP contribution is 2.12. The van der Waals surface area contributed by atoms with Crippen LogP contribution in [0.3, 0.4) is 0 Å². The summed E-state index contributed by atoms with van der Waals surface area (Å²) in [4.78, 5) is 0.0630. The van der Waals surface area contributed by atoms with Gasteiger partial charge in [-0.05, 0) is 24.3 Å². The zero-order valence-electron chi connectivity index (χ0n) is 7.58. The van der Waals surface area contributed by atoms with Gasteiger partial charge in [-0.25, -0.2) is 8.42 Å². The Kier molecular flexibility index (Phi) is 3.22. The zero-order chi connectivity index (χ0) is 11.3. The summed E-state index contributed by atoms with van der Waals surface area (Å²) in [6.45, 7) is 0. The van der Waals surface area contributed by atoms with Crippen molar-refractivity contribution in [3.8, 4) is 12.1 Å². The smallest absolute Gasteiger partial charge is 0.200 e. The predicted molar refractivity (Wildman–Crippen MR) is 53.1 cm³/mol. The molecule has 15 heavy (non-hydrogen) atoms. The minimum absolute atomic E-state index is 0.0630. The topological polar surface area (TPSA) is 81.7 Å². The molecule has 1 aromatic carbocycles. The SMILES string of the molecule is N#C/C=C/S(=O)(=O)c1ccc(C#N)cc1. The average Bonchev–Trinajstić information content (AvgIpc) is 2.26.